The molecule has 0 amide bonds. The Morgan fingerprint density at radius 1 is 0.800 bits per heavy atom. The highest BCUT2D eigenvalue weighted by atomic mass is 32.2. The van der Waals surface area contributed by atoms with Crippen LogP contribution in [0, 0.1) is 11.7 Å². The van der Waals surface area contributed by atoms with Crippen LogP contribution < -0.4 is 0 Å². The van der Waals surface area contributed by atoms with Gasteiger partial charge in [-0.25, -0.2) is 12.8 Å². The van der Waals surface area contributed by atoms with E-state index in [9.17, 15) is 12.8 Å². The predicted molar refractivity (Wildman–Crippen MR) is 138 cm³/mol. The van der Waals surface area contributed by atoms with Crippen LogP contribution in [0.15, 0.2) is 78.9 Å². The van der Waals surface area contributed by atoms with Crippen molar-refractivity contribution in [2.45, 2.75) is 44.0 Å². The van der Waals surface area contributed by atoms with Crippen LogP contribution in [0.1, 0.15) is 35.1 Å². The summed E-state index contributed by atoms with van der Waals surface area (Å²) < 4.78 is 42.1. The topological polar surface area (TPSA) is 40.6 Å². The normalized spacial score (nSPS) is 20.0. The summed E-state index contributed by atoms with van der Waals surface area (Å²) in [5.41, 5.74) is 4.38. The highest BCUT2D eigenvalue weighted by Gasteiger charge is 2.36. The summed E-state index contributed by atoms with van der Waals surface area (Å²) in [6.45, 7) is 3.13. The van der Waals surface area contributed by atoms with Crippen LogP contribution in [0.5, 0.6) is 0 Å². The van der Waals surface area contributed by atoms with E-state index in [1.807, 2.05) is 54.6 Å². The van der Waals surface area contributed by atoms with E-state index in [2.05, 4.69) is 17.0 Å². The average Bonchev–Trinajstić information content (AvgIpc) is 2.86. The molecule has 0 spiro atoms. The fraction of sp³-hybridized carbons (Fsp3) is 0.379. The molecule has 1 fully saturated rings. The first-order valence-electron chi connectivity index (χ1n) is 12.5. The zero-order valence-corrected chi connectivity index (χ0v) is 20.8. The van der Waals surface area contributed by atoms with Crippen LogP contribution in [0.25, 0.3) is 0 Å². The largest absolute Gasteiger partial charge is 0.302 e. The van der Waals surface area contributed by atoms with Gasteiger partial charge in [-0.1, -0.05) is 66.7 Å². The Morgan fingerprint density at radius 2 is 1.46 bits per heavy atom. The molecule has 35 heavy (non-hydrogen) atoms. The lowest BCUT2D eigenvalue weighted by atomic mass is 9.89. The Labute approximate surface area is 208 Å². The summed E-state index contributed by atoms with van der Waals surface area (Å²) in [6, 6.07) is 24.5. The van der Waals surface area contributed by atoms with Gasteiger partial charge in [0, 0.05) is 19.1 Å². The summed E-state index contributed by atoms with van der Waals surface area (Å²) in [5, 5.41) is 0. The van der Waals surface area contributed by atoms with E-state index in [-0.39, 0.29) is 17.6 Å². The summed E-state index contributed by atoms with van der Waals surface area (Å²) in [5.74, 6) is 0.429. The van der Waals surface area contributed by atoms with Crippen molar-refractivity contribution in [3.05, 3.63) is 107 Å². The molecule has 3 aromatic carbocycles. The van der Waals surface area contributed by atoms with Crippen LogP contribution in [-0.4, -0.2) is 43.3 Å². The third-order valence-corrected chi connectivity index (χ3v) is 9.31. The molecular formula is C29H33FN2O2S. The first-order chi connectivity index (χ1) is 17.0. The molecule has 0 aliphatic carbocycles. The summed E-state index contributed by atoms with van der Waals surface area (Å²) >= 11 is 0. The predicted octanol–water partition coefficient (Wildman–Crippen LogP) is 5.04. The molecule has 0 bridgehead atoms. The number of likely N-dealkylation sites (tertiary alicyclic amines) is 1. The van der Waals surface area contributed by atoms with E-state index < -0.39 is 10.0 Å². The zero-order chi connectivity index (χ0) is 24.3. The van der Waals surface area contributed by atoms with Gasteiger partial charge in [-0.15, -0.1) is 0 Å². The molecular weight excluding hydrogens is 459 g/mol. The fourth-order valence-corrected chi connectivity index (χ4v) is 7.25. The SMILES string of the molecule is O=S(=O)(Cc1ccccc1)N1Cc2ccccc2CC1CN1CCC(Cc2ccc(F)cc2)CC1. The van der Waals surface area contributed by atoms with Gasteiger partial charge in [0.1, 0.15) is 5.82 Å². The van der Waals surface area contributed by atoms with Crippen molar-refractivity contribution in [1.29, 1.82) is 0 Å². The van der Waals surface area contributed by atoms with Crippen LogP contribution in [-0.2, 0) is 35.2 Å². The van der Waals surface area contributed by atoms with E-state index >= 15 is 0 Å². The highest BCUT2D eigenvalue weighted by Crippen LogP contribution is 2.29. The second-order valence-electron chi connectivity index (χ2n) is 9.99. The molecule has 0 radical (unpaired) electrons. The number of benzene rings is 3. The van der Waals surface area contributed by atoms with Crippen molar-refractivity contribution in [3.63, 3.8) is 0 Å². The van der Waals surface area contributed by atoms with Crippen molar-refractivity contribution in [1.82, 2.24) is 9.21 Å². The van der Waals surface area contributed by atoms with Gasteiger partial charge in [0.25, 0.3) is 0 Å². The monoisotopic (exact) mass is 492 g/mol. The third-order valence-electron chi connectivity index (χ3n) is 7.47. The van der Waals surface area contributed by atoms with Gasteiger partial charge in [0.2, 0.25) is 10.0 Å². The smallest absolute Gasteiger partial charge is 0.218 e. The van der Waals surface area contributed by atoms with Gasteiger partial charge in [-0.05, 0) is 79.1 Å². The lowest BCUT2D eigenvalue weighted by Gasteiger charge is -2.40. The van der Waals surface area contributed by atoms with Gasteiger partial charge >= 0.3 is 0 Å². The maximum atomic E-state index is 13.6. The molecule has 1 unspecified atom stereocenters. The van der Waals surface area contributed by atoms with E-state index in [0.29, 0.717) is 12.5 Å². The minimum atomic E-state index is -3.46. The number of hydrogen-bond donors (Lipinski definition) is 0. The number of fused-ring (bicyclic) bond motifs is 1. The average molecular weight is 493 g/mol. The maximum Gasteiger partial charge on any atom is 0.218 e. The Morgan fingerprint density at radius 3 is 2.17 bits per heavy atom. The maximum absolute atomic E-state index is 13.6. The number of rotatable bonds is 7. The molecule has 2 aliphatic heterocycles. The molecule has 1 saturated heterocycles. The van der Waals surface area contributed by atoms with Gasteiger partial charge in [-0.2, -0.15) is 4.31 Å². The van der Waals surface area contributed by atoms with E-state index in [4.69, 9.17) is 0 Å². The van der Waals surface area contributed by atoms with Crippen molar-refractivity contribution < 1.29 is 12.8 Å². The first-order valence-corrected chi connectivity index (χ1v) is 14.1. The quantitative estimate of drug-likeness (QED) is 0.464. The lowest BCUT2D eigenvalue weighted by molar-refractivity contribution is 0.140. The van der Waals surface area contributed by atoms with Crippen molar-refractivity contribution >= 4 is 10.0 Å². The minimum absolute atomic E-state index is 0.0340. The molecule has 2 heterocycles. The third kappa shape index (κ3) is 6.00. The molecule has 3 aromatic rings. The van der Waals surface area contributed by atoms with Gasteiger partial charge in [-0.3, -0.25) is 0 Å². The standard InChI is InChI=1S/C29H33FN2O2S/c30-28-12-10-23(11-13-28)18-24-14-16-31(17-15-24)21-29-19-26-8-4-5-9-27(26)20-32(29)35(33,34)22-25-6-2-1-3-7-25/h1-13,24,29H,14-22H2. The highest BCUT2D eigenvalue weighted by molar-refractivity contribution is 7.88. The second kappa shape index (κ2) is 10.6. The number of piperidine rings is 1. The van der Waals surface area contributed by atoms with Crippen LogP contribution >= 0.6 is 0 Å². The molecule has 0 saturated carbocycles. The molecule has 2 aliphatic rings. The Kier molecular flexibility index (Phi) is 7.32. The second-order valence-corrected chi connectivity index (χ2v) is 11.9. The van der Waals surface area contributed by atoms with E-state index in [1.165, 1.54) is 23.3 Å². The first kappa shape index (κ1) is 24.2. The molecule has 1 atom stereocenters. The van der Waals surface area contributed by atoms with Crippen LogP contribution in [0.4, 0.5) is 4.39 Å². The minimum Gasteiger partial charge on any atom is -0.302 e. The number of halogens is 1. The number of nitrogens with zero attached hydrogens (tertiary/aromatic N) is 2. The van der Waals surface area contributed by atoms with Crippen LogP contribution in [0.2, 0.25) is 0 Å². The summed E-state index contributed by atoms with van der Waals surface area (Å²) in [7, 11) is -3.46. The van der Waals surface area contributed by atoms with Gasteiger partial charge in [0.05, 0.1) is 5.75 Å². The summed E-state index contributed by atoms with van der Waals surface area (Å²) in [6.07, 6.45) is 3.89. The van der Waals surface area contributed by atoms with Crippen molar-refractivity contribution in [2.24, 2.45) is 5.92 Å². The lowest BCUT2D eigenvalue weighted by Crippen LogP contribution is -2.51. The summed E-state index contributed by atoms with van der Waals surface area (Å²) in [4.78, 5) is 2.44. The van der Waals surface area contributed by atoms with Crippen LogP contribution in [0.3, 0.4) is 0 Å². The van der Waals surface area contributed by atoms with Gasteiger partial charge < -0.3 is 4.90 Å². The Hall–Kier alpha value is -2.54. The van der Waals surface area contributed by atoms with E-state index in [0.717, 1.165) is 56.4 Å². The molecule has 4 nitrogen and oxygen atoms in total. The number of sulfonamides is 1. The number of hydrogen-bond acceptors (Lipinski definition) is 3. The Bertz CT molecular complexity index is 1220. The van der Waals surface area contributed by atoms with Crippen molar-refractivity contribution in [3.8, 4) is 0 Å². The zero-order valence-electron chi connectivity index (χ0n) is 20.0. The van der Waals surface area contributed by atoms with Crippen molar-refractivity contribution in [2.75, 3.05) is 19.6 Å². The molecule has 184 valence electrons. The van der Waals surface area contributed by atoms with E-state index in [1.54, 1.807) is 4.31 Å². The fourth-order valence-electron chi connectivity index (χ4n) is 5.54. The molecule has 6 heteroatoms. The van der Waals surface area contributed by atoms with Gasteiger partial charge in [0.15, 0.2) is 0 Å². The Balaban J connectivity index is 1.26. The molecule has 5 rings (SSSR count). The molecule has 0 aromatic heterocycles. The molecule has 0 N–H and O–H groups in total.